The van der Waals surface area contributed by atoms with Gasteiger partial charge >= 0.3 is 0 Å². The van der Waals surface area contributed by atoms with Crippen LogP contribution in [0.15, 0.2) is 12.3 Å². The van der Waals surface area contributed by atoms with Gasteiger partial charge in [-0.25, -0.2) is 4.68 Å². The van der Waals surface area contributed by atoms with E-state index < -0.39 is 0 Å². The van der Waals surface area contributed by atoms with Gasteiger partial charge in [-0.3, -0.25) is 10.2 Å². The molecule has 1 aromatic heterocycles. The summed E-state index contributed by atoms with van der Waals surface area (Å²) >= 11 is 0. The summed E-state index contributed by atoms with van der Waals surface area (Å²) in [5.41, 5.74) is 0. The molecule has 5 nitrogen and oxygen atoms in total. The predicted octanol–water partition coefficient (Wildman–Crippen LogP) is 0.0507. The van der Waals surface area contributed by atoms with Gasteiger partial charge in [-0.1, -0.05) is 0 Å². The number of aromatic nitrogens is 2. The van der Waals surface area contributed by atoms with Crippen LogP contribution in [-0.4, -0.2) is 21.5 Å². The molecule has 0 radical (unpaired) electrons. The largest absolute Gasteiger partial charge is 0.310 e. The van der Waals surface area contributed by atoms with Crippen LogP contribution >= 0.6 is 0 Å². The lowest BCUT2D eigenvalue weighted by Gasteiger charge is -2.14. The minimum Gasteiger partial charge on any atom is -0.310 e. The third-order valence-electron chi connectivity index (χ3n) is 1.49. The SMILES string of the molecule is N=C1CC(=O)Nc2ccnn21. The molecule has 1 amide bonds. The molecule has 0 aliphatic carbocycles. The van der Waals surface area contributed by atoms with E-state index in [1.807, 2.05) is 0 Å². The smallest absolute Gasteiger partial charge is 0.233 e. The summed E-state index contributed by atoms with van der Waals surface area (Å²) < 4.78 is 1.40. The molecule has 0 saturated carbocycles. The first-order valence-corrected chi connectivity index (χ1v) is 3.19. The topological polar surface area (TPSA) is 70.8 Å². The lowest BCUT2D eigenvalue weighted by molar-refractivity contribution is -0.115. The van der Waals surface area contributed by atoms with Crippen molar-refractivity contribution in [1.29, 1.82) is 5.41 Å². The van der Waals surface area contributed by atoms with Crippen molar-refractivity contribution in [2.24, 2.45) is 0 Å². The molecule has 5 heteroatoms. The fraction of sp³-hybridized carbons (Fsp3) is 0.167. The Balaban J connectivity index is 2.52. The Morgan fingerprint density at radius 3 is 3.36 bits per heavy atom. The number of rotatable bonds is 0. The summed E-state index contributed by atoms with van der Waals surface area (Å²) in [6, 6.07) is 1.66. The zero-order chi connectivity index (χ0) is 7.84. The fourth-order valence-corrected chi connectivity index (χ4v) is 1.03. The standard InChI is InChI=1S/C6H6N4O/c7-4-3-6(11)9-5-1-2-8-10(4)5/h1-2,7H,3H2,(H,9,11). The molecule has 0 aromatic carbocycles. The summed E-state index contributed by atoms with van der Waals surface area (Å²) in [5, 5.41) is 13.8. The number of anilines is 1. The third-order valence-corrected chi connectivity index (χ3v) is 1.49. The molecule has 1 aliphatic rings. The van der Waals surface area contributed by atoms with E-state index in [9.17, 15) is 4.79 Å². The average Bonchev–Trinajstić information content (AvgIpc) is 2.34. The predicted molar refractivity (Wildman–Crippen MR) is 38.6 cm³/mol. The number of carbonyl (C=O) groups excluding carboxylic acids is 1. The van der Waals surface area contributed by atoms with Crippen molar-refractivity contribution in [2.75, 3.05) is 5.32 Å². The number of hydrogen-bond donors (Lipinski definition) is 2. The monoisotopic (exact) mass is 150 g/mol. The first-order chi connectivity index (χ1) is 5.27. The molecule has 0 saturated heterocycles. The van der Waals surface area contributed by atoms with Gasteiger partial charge in [0.25, 0.3) is 0 Å². The molecule has 0 bridgehead atoms. The number of amides is 1. The zero-order valence-corrected chi connectivity index (χ0v) is 5.66. The summed E-state index contributed by atoms with van der Waals surface area (Å²) in [6.07, 6.45) is 1.66. The molecule has 2 heterocycles. The molecule has 0 spiro atoms. The van der Waals surface area contributed by atoms with Crippen molar-refractivity contribution in [2.45, 2.75) is 6.42 Å². The van der Waals surface area contributed by atoms with Gasteiger partial charge in [0.2, 0.25) is 5.91 Å². The maximum absolute atomic E-state index is 10.8. The lowest BCUT2D eigenvalue weighted by Crippen LogP contribution is -2.29. The molecule has 11 heavy (non-hydrogen) atoms. The second kappa shape index (κ2) is 1.91. The highest BCUT2D eigenvalue weighted by Crippen LogP contribution is 2.11. The molecule has 0 fully saturated rings. The van der Waals surface area contributed by atoms with Crippen LogP contribution in [0.25, 0.3) is 0 Å². The lowest BCUT2D eigenvalue weighted by atomic mass is 10.3. The van der Waals surface area contributed by atoms with E-state index in [2.05, 4.69) is 10.4 Å². The van der Waals surface area contributed by atoms with Crippen LogP contribution in [-0.2, 0) is 4.79 Å². The molecular weight excluding hydrogens is 144 g/mol. The van der Waals surface area contributed by atoms with Gasteiger partial charge in [0.15, 0.2) is 0 Å². The van der Waals surface area contributed by atoms with Crippen LogP contribution < -0.4 is 5.32 Å². The number of nitrogens with zero attached hydrogens (tertiary/aromatic N) is 2. The number of fused-ring (bicyclic) bond motifs is 1. The van der Waals surface area contributed by atoms with E-state index >= 15 is 0 Å². The number of nitrogens with one attached hydrogen (secondary N) is 2. The van der Waals surface area contributed by atoms with Gasteiger partial charge in [0, 0.05) is 6.07 Å². The van der Waals surface area contributed by atoms with Gasteiger partial charge in [-0.2, -0.15) is 5.10 Å². The third kappa shape index (κ3) is 0.813. The highest BCUT2D eigenvalue weighted by atomic mass is 16.1. The highest BCUT2D eigenvalue weighted by molar-refractivity contribution is 6.09. The molecule has 56 valence electrons. The van der Waals surface area contributed by atoms with E-state index in [-0.39, 0.29) is 18.2 Å². The molecule has 0 unspecified atom stereocenters. The van der Waals surface area contributed by atoms with Crippen molar-refractivity contribution in [3.63, 3.8) is 0 Å². The van der Waals surface area contributed by atoms with Crippen LogP contribution in [0.3, 0.4) is 0 Å². The second-order valence-corrected chi connectivity index (χ2v) is 2.30. The Labute approximate surface area is 62.5 Å². The van der Waals surface area contributed by atoms with Crippen LogP contribution in [0.4, 0.5) is 5.82 Å². The van der Waals surface area contributed by atoms with Crippen LogP contribution in [0.5, 0.6) is 0 Å². The molecular formula is C6H6N4O. The zero-order valence-electron chi connectivity index (χ0n) is 5.66. The van der Waals surface area contributed by atoms with E-state index in [4.69, 9.17) is 5.41 Å². The normalized spacial score (nSPS) is 16.0. The van der Waals surface area contributed by atoms with Crippen molar-refractivity contribution >= 4 is 17.6 Å². The summed E-state index contributed by atoms with van der Waals surface area (Å²) in [7, 11) is 0. The summed E-state index contributed by atoms with van der Waals surface area (Å²) in [5.74, 6) is 0.642. The maximum atomic E-state index is 10.8. The Bertz CT molecular complexity index is 327. The number of carbonyl (C=O) groups is 1. The first-order valence-electron chi connectivity index (χ1n) is 3.19. The van der Waals surface area contributed by atoms with Crippen molar-refractivity contribution in [3.05, 3.63) is 12.3 Å². The van der Waals surface area contributed by atoms with Gasteiger partial charge < -0.3 is 5.32 Å². The maximum Gasteiger partial charge on any atom is 0.233 e. The van der Waals surface area contributed by atoms with E-state index in [1.54, 1.807) is 12.3 Å². The van der Waals surface area contributed by atoms with E-state index in [1.165, 1.54) is 4.68 Å². The van der Waals surface area contributed by atoms with E-state index in [0.29, 0.717) is 5.82 Å². The Kier molecular flexibility index (Phi) is 1.06. The molecule has 1 aliphatic heterocycles. The minimum absolute atomic E-state index is 0.106. The van der Waals surface area contributed by atoms with Crippen molar-refractivity contribution in [1.82, 2.24) is 9.78 Å². The first kappa shape index (κ1) is 6.09. The van der Waals surface area contributed by atoms with Crippen LogP contribution in [0.2, 0.25) is 0 Å². The van der Waals surface area contributed by atoms with Crippen LogP contribution in [0, 0.1) is 5.41 Å². The average molecular weight is 150 g/mol. The summed E-state index contributed by atoms with van der Waals surface area (Å²) in [6.45, 7) is 0. The van der Waals surface area contributed by atoms with Crippen molar-refractivity contribution in [3.8, 4) is 0 Å². The number of hydrogen-bond acceptors (Lipinski definition) is 3. The minimum atomic E-state index is -0.150. The Morgan fingerprint density at radius 2 is 2.55 bits per heavy atom. The Hall–Kier alpha value is -1.65. The second-order valence-electron chi connectivity index (χ2n) is 2.30. The van der Waals surface area contributed by atoms with Gasteiger partial charge in [-0.05, 0) is 0 Å². The van der Waals surface area contributed by atoms with Crippen molar-refractivity contribution < 1.29 is 4.79 Å². The molecule has 2 rings (SSSR count). The molecule has 0 atom stereocenters. The quantitative estimate of drug-likeness (QED) is 0.548. The van der Waals surface area contributed by atoms with Gasteiger partial charge in [-0.15, -0.1) is 0 Å². The van der Waals surface area contributed by atoms with E-state index in [0.717, 1.165) is 0 Å². The van der Waals surface area contributed by atoms with Gasteiger partial charge in [0.1, 0.15) is 11.7 Å². The molecule has 1 aromatic rings. The molecule has 2 N–H and O–H groups in total. The fourth-order valence-electron chi connectivity index (χ4n) is 1.03. The Morgan fingerprint density at radius 1 is 1.73 bits per heavy atom. The summed E-state index contributed by atoms with van der Waals surface area (Å²) in [4.78, 5) is 10.8. The highest BCUT2D eigenvalue weighted by Gasteiger charge is 2.18. The van der Waals surface area contributed by atoms with Gasteiger partial charge in [0.05, 0.1) is 12.6 Å². The van der Waals surface area contributed by atoms with Crippen LogP contribution in [0.1, 0.15) is 6.42 Å².